The van der Waals surface area contributed by atoms with E-state index in [1.165, 1.54) is 10.8 Å². The molecule has 0 aromatic heterocycles. The van der Waals surface area contributed by atoms with Crippen LogP contribution in [-0.4, -0.2) is 40.7 Å². The van der Waals surface area contributed by atoms with Gasteiger partial charge in [-0.25, -0.2) is 4.21 Å². The van der Waals surface area contributed by atoms with Crippen molar-refractivity contribution >= 4 is 20.6 Å². The Morgan fingerprint density at radius 2 is 0.896 bits per heavy atom. The molecule has 1 aliphatic heterocycles. The van der Waals surface area contributed by atoms with E-state index in [4.69, 9.17) is 23.7 Å². The van der Waals surface area contributed by atoms with Crippen LogP contribution >= 0.6 is 10.8 Å². The van der Waals surface area contributed by atoms with E-state index in [2.05, 4.69) is 0 Å². The normalized spacial score (nSPS) is 21.5. The zero-order valence-electron chi connectivity index (χ0n) is 26.6. The van der Waals surface area contributed by atoms with Crippen molar-refractivity contribution in [1.29, 1.82) is 0 Å². The third kappa shape index (κ3) is 9.96. The van der Waals surface area contributed by atoms with Gasteiger partial charge in [0.05, 0.1) is 33.0 Å². The Bertz CT molecular complexity index is 1640. The average molecular weight is 681 g/mol. The van der Waals surface area contributed by atoms with E-state index >= 15 is 0 Å². The molecule has 0 aliphatic carbocycles. The van der Waals surface area contributed by atoms with Gasteiger partial charge in [-0.15, -0.1) is 0 Å². The maximum atomic E-state index is 13.8. The van der Waals surface area contributed by atoms with E-state index in [1.807, 2.05) is 152 Å². The fourth-order valence-electron chi connectivity index (χ4n) is 5.50. The first-order valence-corrected chi connectivity index (χ1v) is 18.7. The minimum absolute atomic E-state index is 0.250. The summed E-state index contributed by atoms with van der Waals surface area (Å²) in [6, 6.07) is 49.6. The summed E-state index contributed by atoms with van der Waals surface area (Å²) in [4.78, 5) is 0.703. The van der Waals surface area contributed by atoms with Crippen LogP contribution < -0.4 is 0 Å². The molecular weight excluding hydrogens is 641 g/mol. The summed E-state index contributed by atoms with van der Waals surface area (Å²) in [6.07, 6.45) is -2.26. The molecule has 1 saturated heterocycles. The highest BCUT2D eigenvalue weighted by Gasteiger charge is 2.49. The molecule has 248 valence electrons. The second-order valence-electron chi connectivity index (χ2n) is 11.5. The van der Waals surface area contributed by atoms with Crippen molar-refractivity contribution in [2.75, 3.05) is 6.61 Å². The maximum Gasteiger partial charge on any atom is 0.145 e. The standard InChI is InChI=1S/C40H40O6S2/c41-48(35-24-14-5-15-25-35)47-40-39(45-29-34-22-12-4-13-23-34)38(44-28-33-20-10-3-11-21-33)37(43-27-32-18-8-2-9-19-32)36(46-40)30-42-26-31-16-6-1-7-17-31/h1-25,36-40H,26-30H2/t36-,37-,38+,39-,40?,48?/m1/s1. The average Bonchev–Trinajstić information content (AvgIpc) is 3.15. The maximum absolute atomic E-state index is 13.8. The fourth-order valence-corrected chi connectivity index (χ4v) is 8.34. The van der Waals surface area contributed by atoms with E-state index in [1.54, 1.807) is 0 Å². The highest BCUT2D eigenvalue weighted by atomic mass is 33.1. The predicted molar refractivity (Wildman–Crippen MR) is 190 cm³/mol. The summed E-state index contributed by atoms with van der Waals surface area (Å²) in [7, 11) is -0.199. The fraction of sp³-hybridized carbons (Fsp3) is 0.250. The van der Waals surface area contributed by atoms with Crippen LogP contribution in [0, 0.1) is 0 Å². The van der Waals surface area contributed by atoms with E-state index < -0.39 is 39.7 Å². The van der Waals surface area contributed by atoms with Crippen molar-refractivity contribution in [3.05, 3.63) is 174 Å². The summed E-state index contributed by atoms with van der Waals surface area (Å²) >= 11 is 0. The lowest BCUT2D eigenvalue weighted by molar-refractivity contribution is -0.254. The molecule has 1 heterocycles. The first-order chi connectivity index (χ1) is 23.7. The van der Waals surface area contributed by atoms with Crippen LogP contribution in [0.5, 0.6) is 0 Å². The first-order valence-electron chi connectivity index (χ1n) is 16.1. The van der Waals surface area contributed by atoms with Crippen LogP contribution in [0.4, 0.5) is 0 Å². The molecule has 6 atom stereocenters. The van der Waals surface area contributed by atoms with Gasteiger partial charge in [0.1, 0.15) is 39.7 Å². The Morgan fingerprint density at radius 1 is 0.500 bits per heavy atom. The van der Waals surface area contributed by atoms with Crippen molar-refractivity contribution < 1.29 is 27.9 Å². The van der Waals surface area contributed by atoms with Gasteiger partial charge in [-0.05, 0) is 45.2 Å². The molecule has 6 nitrogen and oxygen atoms in total. The van der Waals surface area contributed by atoms with Crippen LogP contribution in [0.25, 0.3) is 0 Å². The van der Waals surface area contributed by atoms with Gasteiger partial charge in [-0.2, -0.15) is 0 Å². The molecule has 48 heavy (non-hydrogen) atoms. The predicted octanol–water partition coefficient (Wildman–Crippen LogP) is 8.14. The number of rotatable bonds is 16. The van der Waals surface area contributed by atoms with Gasteiger partial charge >= 0.3 is 0 Å². The summed E-state index contributed by atoms with van der Waals surface area (Å²) in [5.41, 5.74) is 3.50. The summed E-state index contributed by atoms with van der Waals surface area (Å²) < 4.78 is 47.0. The topological polar surface area (TPSA) is 63.2 Å². The molecule has 0 bridgehead atoms. The van der Waals surface area contributed by atoms with Gasteiger partial charge in [0.2, 0.25) is 0 Å². The van der Waals surface area contributed by atoms with Crippen LogP contribution in [0.3, 0.4) is 0 Å². The SMILES string of the molecule is O=S(SC1O[C@H](COCc2ccccc2)[C@@H](OCc2ccccc2)[C@H](OCc2ccccc2)[C@H]1OCc1ccccc1)c1ccccc1. The Morgan fingerprint density at radius 3 is 1.38 bits per heavy atom. The van der Waals surface area contributed by atoms with E-state index in [9.17, 15) is 4.21 Å². The Hall–Kier alpha value is -3.60. The summed E-state index contributed by atoms with van der Waals surface area (Å²) in [6.45, 7) is 1.70. The molecule has 2 unspecified atom stereocenters. The largest absolute Gasteiger partial charge is 0.374 e. The second-order valence-corrected chi connectivity index (χ2v) is 14.6. The monoisotopic (exact) mass is 680 g/mol. The molecule has 0 radical (unpaired) electrons. The van der Waals surface area contributed by atoms with Crippen LogP contribution in [-0.2, 0) is 59.9 Å². The molecule has 8 heteroatoms. The van der Waals surface area contributed by atoms with E-state index in [0.29, 0.717) is 31.3 Å². The Labute approximate surface area is 289 Å². The van der Waals surface area contributed by atoms with Gasteiger partial charge in [0, 0.05) is 4.90 Å². The minimum Gasteiger partial charge on any atom is -0.374 e. The molecule has 1 fully saturated rings. The van der Waals surface area contributed by atoms with Crippen molar-refractivity contribution in [1.82, 2.24) is 0 Å². The lowest BCUT2D eigenvalue weighted by Crippen LogP contribution is -2.60. The zero-order chi connectivity index (χ0) is 32.8. The lowest BCUT2D eigenvalue weighted by Gasteiger charge is -2.45. The molecule has 0 amide bonds. The van der Waals surface area contributed by atoms with Crippen LogP contribution in [0.15, 0.2) is 157 Å². The number of ether oxygens (including phenoxy) is 5. The molecule has 0 N–H and O–H groups in total. The van der Waals surface area contributed by atoms with Gasteiger partial charge in [-0.3, -0.25) is 0 Å². The zero-order valence-corrected chi connectivity index (χ0v) is 28.3. The highest BCUT2D eigenvalue weighted by Crippen LogP contribution is 2.38. The van der Waals surface area contributed by atoms with Gasteiger partial charge in [0.15, 0.2) is 0 Å². The van der Waals surface area contributed by atoms with E-state index in [-0.39, 0.29) is 6.61 Å². The summed E-state index contributed by atoms with van der Waals surface area (Å²) in [5.74, 6) is 0. The van der Waals surface area contributed by atoms with Gasteiger partial charge in [-0.1, -0.05) is 140 Å². The highest BCUT2D eigenvalue weighted by molar-refractivity contribution is 8.69. The molecule has 0 spiro atoms. The summed E-state index contributed by atoms with van der Waals surface area (Å²) in [5, 5.41) is 0. The molecule has 5 aromatic carbocycles. The molecule has 0 saturated carbocycles. The number of hydrogen-bond acceptors (Lipinski definition) is 7. The number of benzene rings is 5. The smallest absolute Gasteiger partial charge is 0.145 e. The van der Waals surface area contributed by atoms with Crippen LogP contribution in [0.2, 0.25) is 0 Å². The quantitative estimate of drug-likeness (QED) is 0.0976. The third-order valence-corrected chi connectivity index (χ3v) is 11.0. The second kappa shape index (κ2) is 18.2. The molecule has 5 aromatic rings. The van der Waals surface area contributed by atoms with Crippen molar-refractivity contribution in [2.45, 2.75) is 61.2 Å². The lowest BCUT2D eigenvalue weighted by atomic mass is 9.98. The first kappa shape index (κ1) is 34.3. The Kier molecular flexibility index (Phi) is 13.0. The van der Waals surface area contributed by atoms with E-state index in [0.717, 1.165) is 22.3 Å². The van der Waals surface area contributed by atoms with Crippen LogP contribution in [0.1, 0.15) is 22.3 Å². The minimum atomic E-state index is -1.43. The van der Waals surface area contributed by atoms with Gasteiger partial charge < -0.3 is 23.7 Å². The van der Waals surface area contributed by atoms with Crippen molar-refractivity contribution in [3.8, 4) is 0 Å². The number of hydrogen-bond donors (Lipinski definition) is 0. The van der Waals surface area contributed by atoms with Gasteiger partial charge in [0.25, 0.3) is 0 Å². The van der Waals surface area contributed by atoms with Crippen molar-refractivity contribution in [2.24, 2.45) is 0 Å². The van der Waals surface area contributed by atoms with Crippen molar-refractivity contribution in [3.63, 3.8) is 0 Å². The Balaban J connectivity index is 1.32. The molecule has 1 aliphatic rings. The third-order valence-electron chi connectivity index (χ3n) is 7.96. The molecular formula is C40H40O6S2. The molecule has 6 rings (SSSR count).